The molecular formula is C10H11ClN4O2. The second-order valence-electron chi connectivity index (χ2n) is 3.77. The third-order valence-electron chi connectivity index (χ3n) is 2.02. The van der Waals surface area contributed by atoms with Gasteiger partial charge in [0.15, 0.2) is 0 Å². The van der Waals surface area contributed by atoms with Crippen molar-refractivity contribution < 1.29 is 9.53 Å². The van der Waals surface area contributed by atoms with E-state index in [0.29, 0.717) is 11.0 Å². The number of nitrogen functional groups attached to an aromatic ring is 1. The van der Waals surface area contributed by atoms with E-state index in [1.165, 1.54) is 0 Å². The molecule has 0 bridgehead atoms. The van der Waals surface area contributed by atoms with Crippen LogP contribution in [0.4, 0.5) is 5.95 Å². The van der Waals surface area contributed by atoms with Crippen molar-refractivity contribution in [3.8, 4) is 0 Å². The number of H-pyrrole nitrogens is 1. The number of aromatic amines is 1. The fourth-order valence-electron chi connectivity index (χ4n) is 1.38. The lowest BCUT2D eigenvalue weighted by Crippen LogP contribution is -2.11. The van der Waals surface area contributed by atoms with Crippen molar-refractivity contribution in [1.29, 1.82) is 0 Å². The minimum absolute atomic E-state index is 0.0492. The lowest BCUT2D eigenvalue weighted by molar-refractivity contribution is 0.0372. The van der Waals surface area contributed by atoms with Crippen molar-refractivity contribution in [1.82, 2.24) is 15.0 Å². The van der Waals surface area contributed by atoms with Crippen LogP contribution in [0.1, 0.15) is 24.3 Å². The second-order valence-corrected chi connectivity index (χ2v) is 4.13. The molecule has 0 aliphatic heterocycles. The molecule has 0 saturated heterocycles. The number of nitrogens with two attached hydrogens (primary N) is 1. The summed E-state index contributed by atoms with van der Waals surface area (Å²) >= 11 is 5.88. The van der Waals surface area contributed by atoms with Crippen LogP contribution in [-0.2, 0) is 4.74 Å². The van der Waals surface area contributed by atoms with Crippen LogP contribution in [0.2, 0.25) is 5.15 Å². The first-order valence-corrected chi connectivity index (χ1v) is 5.38. The number of nitrogens with zero attached hydrogens (tertiary/aromatic N) is 2. The number of hydrogen-bond donors (Lipinski definition) is 2. The summed E-state index contributed by atoms with van der Waals surface area (Å²) in [5.74, 6) is -0.416. The first-order valence-electron chi connectivity index (χ1n) is 5.00. The summed E-state index contributed by atoms with van der Waals surface area (Å²) < 4.78 is 5.04. The molecule has 17 heavy (non-hydrogen) atoms. The van der Waals surface area contributed by atoms with Gasteiger partial charge in [-0.2, -0.15) is 4.98 Å². The zero-order valence-corrected chi connectivity index (χ0v) is 10.1. The number of carbonyl (C=O) groups is 1. The fraction of sp³-hybridized carbons (Fsp3) is 0.300. The van der Waals surface area contributed by atoms with E-state index in [2.05, 4.69) is 15.0 Å². The van der Waals surface area contributed by atoms with Gasteiger partial charge in [0.2, 0.25) is 5.95 Å². The smallest absolute Gasteiger partial charge is 0.355 e. The molecule has 2 aromatic heterocycles. The summed E-state index contributed by atoms with van der Waals surface area (Å²) in [5.41, 5.74) is 6.14. The van der Waals surface area contributed by atoms with Gasteiger partial charge in [-0.15, -0.1) is 0 Å². The Morgan fingerprint density at radius 2 is 2.24 bits per heavy atom. The molecule has 7 heteroatoms. The van der Waals surface area contributed by atoms with Crippen molar-refractivity contribution in [3.05, 3.63) is 16.9 Å². The van der Waals surface area contributed by atoms with Crippen LogP contribution >= 0.6 is 11.6 Å². The maximum atomic E-state index is 11.6. The van der Waals surface area contributed by atoms with Gasteiger partial charge in [0.05, 0.1) is 11.5 Å². The molecule has 90 valence electrons. The Balaban J connectivity index is 2.44. The standard InChI is InChI=1S/C10H11ClN4O2/c1-4(2)17-9(16)6-3-5-7(11)14-10(12)15-8(5)13-6/h3-4H,1-2H3,(H3,12,13,14,15). The molecule has 0 spiro atoms. The van der Waals surface area contributed by atoms with Crippen molar-refractivity contribution >= 4 is 34.6 Å². The summed E-state index contributed by atoms with van der Waals surface area (Å²) in [6, 6.07) is 1.54. The summed E-state index contributed by atoms with van der Waals surface area (Å²) in [6.45, 7) is 3.54. The molecule has 0 atom stereocenters. The Labute approximate surface area is 102 Å². The van der Waals surface area contributed by atoms with E-state index < -0.39 is 5.97 Å². The average Bonchev–Trinajstić information content (AvgIpc) is 2.60. The van der Waals surface area contributed by atoms with E-state index in [9.17, 15) is 4.79 Å². The Morgan fingerprint density at radius 3 is 2.88 bits per heavy atom. The van der Waals surface area contributed by atoms with Crippen molar-refractivity contribution in [3.63, 3.8) is 0 Å². The molecule has 0 aromatic carbocycles. The largest absolute Gasteiger partial charge is 0.458 e. The van der Waals surface area contributed by atoms with Gasteiger partial charge in [-0.3, -0.25) is 0 Å². The molecule has 2 rings (SSSR count). The van der Waals surface area contributed by atoms with E-state index in [1.807, 2.05) is 0 Å². The minimum Gasteiger partial charge on any atom is -0.458 e. The number of anilines is 1. The zero-order chi connectivity index (χ0) is 12.6. The molecule has 0 saturated carbocycles. The van der Waals surface area contributed by atoms with Gasteiger partial charge in [0, 0.05) is 0 Å². The summed E-state index contributed by atoms with van der Waals surface area (Å²) in [6.07, 6.45) is -0.194. The molecule has 0 aliphatic carbocycles. The Kier molecular flexibility index (Phi) is 2.89. The highest BCUT2D eigenvalue weighted by molar-refractivity contribution is 6.34. The third-order valence-corrected chi connectivity index (χ3v) is 2.31. The van der Waals surface area contributed by atoms with E-state index in [1.54, 1.807) is 19.9 Å². The molecule has 0 amide bonds. The highest BCUT2D eigenvalue weighted by Gasteiger charge is 2.15. The number of halogens is 1. The summed E-state index contributed by atoms with van der Waals surface area (Å²) in [7, 11) is 0. The van der Waals surface area contributed by atoms with E-state index in [-0.39, 0.29) is 22.9 Å². The van der Waals surface area contributed by atoms with Crippen molar-refractivity contribution in [2.45, 2.75) is 20.0 Å². The number of hydrogen-bond acceptors (Lipinski definition) is 5. The molecule has 0 aliphatic rings. The van der Waals surface area contributed by atoms with Gasteiger partial charge in [0.1, 0.15) is 16.5 Å². The zero-order valence-electron chi connectivity index (χ0n) is 9.32. The predicted molar refractivity (Wildman–Crippen MR) is 63.9 cm³/mol. The number of esters is 1. The van der Waals surface area contributed by atoms with Gasteiger partial charge in [-0.1, -0.05) is 11.6 Å². The molecule has 0 fully saturated rings. The number of aromatic nitrogens is 3. The number of fused-ring (bicyclic) bond motifs is 1. The Hall–Kier alpha value is -1.82. The first kappa shape index (κ1) is 11.7. The molecule has 0 radical (unpaired) electrons. The van der Waals surface area contributed by atoms with E-state index in [0.717, 1.165) is 0 Å². The van der Waals surface area contributed by atoms with Gasteiger partial charge in [-0.05, 0) is 19.9 Å². The molecular weight excluding hydrogens is 244 g/mol. The van der Waals surface area contributed by atoms with Crippen LogP contribution in [0.3, 0.4) is 0 Å². The summed E-state index contributed by atoms with van der Waals surface area (Å²) in [4.78, 5) is 22.2. The van der Waals surface area contributed by atoms with Crippen LogP contribution in [0.5, 0.6) is 0 Å². The molecule has 6 nitrogen and oxygen atoms in total. The maximum absolute atomic E-state index is 11.6. The van der Waals surface area contributed by atoms with Gasteiger partial charge in [-0.25, -0.2) is 9.78 Å². The molecule has 3 N–H and O–H groups in total. The van der Waals surface area contributed by atoms with Crippen LogP contribution in [0.15, 0.2) is 6.07 Å². The van der Waals surface area contributed by atoms with Gasteiger partial charge >= 0.3 is 5.97 Å². The van der Waals surface area contributed by atoms with Crippen LogP contribution in [0, 0.1) is 0 Å². The van der Waals surface area contributed by atoms with Crippen molar-refractivity contribution in [2.75, 3.05) is 5.73 Å². The van der Waals surface area contributed by atoms with Gasteiger partial charge < -0.3 is 15.5 Å². The van der Waals surface area contributed by atoms with Crippen LogP contribution < -0.4 is 5.73 Å². The fourth-order valence-corrected chi connectivity index (χ4v) is 1.61. The first-order chi connectivity index (χ1) is 7.97. The maximum Gasteiger partial charge on any atom is 0.355 e. The topological polar surface area (TPSA) is 93.9 Å². The molecule has 2 aromatic rings. The number of nitrogens with one attached hydrogen (secondary N) is 1. The second kappa shape index (κ2) is 4.21. The third kappa shape index (κ3) is 2.31. The quantitative estimate of drug-likeness (QED) is 0.629. The Morgan fingerprint density at radius 1 is 1.53 bits per heavy atom. The predicted octanol–water partition coefficient (Wildman–Crippen LogP) is 1.76. The number of ether oxygens (including phenoxy) is 1. The van der Waals surface area contributed by atoms with Crippen LogP contribution in [-0.4, -0.2) is 27.0 Å². The normalized spacial score (nSPS) is 11.1. The van der Waals surface area contributed by atoms with E-state index >= 15 is 0 Å². The van der Waals surface area contributed by atoms with Crippen molar-refractivity contribution in [2.24, 2.45) is 0 Å². The molecule has 0 unspecified atom stereocenters. The monoisotopic (exact) mass is 254 g/mol. The molecule has 2 heterocycles. The highest BCUT2D eigenvalue weighted by atomic mass is 35.5. The van der Waals surface area contributed by atoms with Gasteiger partial charge in [0.25, 0.3) is 0 Å². The SMILES string of the molecule is CC(C)OC(=O)c1cc2c(Cl)nc(N)nc2[nH]1. The lowest BCUT2D eigenvalue weighted by atomic mass is 10.3. The van der Waals surface area contributed by atoms with E-state index in [4.69, 9.17) is 22.1 Å². The Bertz CT molecular complexity index is 579. The summed E-state index contributed by atoms with van der Waals surface area (Å²) in [5, 5.41) is 0.740. The number of rotatable bonds is 2. The lowest BCUT2D eigenvalue weighted by Gasteiger charge is -2.05. The number of carbonyl (C=O) groups excluding carboxylic acids is 1. The minimum atomic E-state index is -0.465. The highest BCUT2D eigenvalue weighted by Crippen LogP contribution is 2.22. The van der Waals surface area contributed by atoms with Crippen LogP contribution in [0.25, 0.3) is 11.0 Å². The average molecular weight is 255 g/mol.